The lowest BCUT2D eigenvalue weighted by molar-refractivity contribution is 0.0161. The molecule has 21 heavy (non-hydrogen) atoms. The van der Waals surface area contributed by atoms with Gasteiger partial charge >= 0.3 is 0 Å². The molecule has 0 amide bonds. The van der Waals surface area contributed by atoms with Crippen LogP contribution in [-0.2, 0) is 6.54 Å². The average Bonchev–Trinajstić information content (AvgIpc) is 2.40. The minimum Gasteiger partial charge on any atom is -0.308 e. The maximum Gasteiger partial charge on any atom is 0.0304 e. The second-order valence-electron chi connectivity index (χ2n) is 7.51. The van der Waals surface area contributed by atoms with E-state index in [0.29, 0.717) is 0 Å². The highest BCUT2D eigenvalue weighted by Gasteiger charge is 2.40. The topological polar surface area (TPSA) is 15.3 Å². The Hall–Kier alpha value is -0.860. The number of piperazine rings is 1. The van der Waals surface area contributed by atoms with E-state index < -0.39 is 0 Å². The van der Waals surface area contributed by atoms with E-state index in [1.54, 1.807) is 0 Å². The Morgan fingerprint density at radius 3 is 2.14 bits per heavy atom. The number of rotatable bonds is 4. The van der Waals surface area contributed by atoms with Gasteiger partial charge in [-0.3, -0.25) is 4.90 Å². The number of aryl methyl sites for hydroxylation is 2. The summed E-state index contributed by atoms with van der Waals surface area (Å²) in [5, 5.41) is 3.82. The monoisotopic (exact) mass is 288 g/mol. The highest BCUT2D eigenvalue weighted by atomic mass is 15.3. The number of hydrogen-bond acceptors (Lipinski definition) is 2. The molecule has 0 atom stereocenters. The van der Waals surface area contributed by atoms with E-state index in [1.807, 2.05) is 0 Å². The molecule has 1 fully saturated rings. The van der Waals surface area contributed by atoms with Crippen LogP contribution >= 0.6 is 0 Å². The minimum absolute atomic E-state index is 0.214. The van der Waals surface area contributed by atoms with E-state index in [0.717, 1.165) is 19.6 Å². The van der Waals surface area contributed by atoms with E-state index >= 15 is 0 Å². The first-order valence-corrected chi connectivity index (χ1v) is 8.37. The molecule has 1 aromatic carbocycles. The molecule has 1 saturated heterocycles. The van der Waals surface area contributed by atoms with Crippen molar-refractivity contribution in [1.29, 1.82) is 0 Å². The molecule has 1 N–H and O–H groups in total. The number of hydrogen-bond donors (Lipinski definition) is 1. The summed E-state index contributed by atoms with van der Waals surface area (Å²) < 4.78 is 0. The van der Waals surface area contributed by atoms with Crippen molar-refractivity contribution in [1.82, 2.24) is 10.2 Å². The lowest BCUT2D eigenvalue weighted by Gasteiger charge is -2.52. The van der Waals surface area contributed by atoms with Crippen molar-refractivity contribution in [3.05, 3.63) is 34.9 Å². The van der Waals surface area contributed by atoms with Crippen LogP contribution in [0.4, 0.5) is 0 Å². The first kappa shape index (κ1) is 16.5. The summed E-state index contributed by atoms with van der Waals surface area (Å²) in [4.78, 5) is 2.67. The summed E-state index contributed by atoms with van der Waals surface area (Å²) in [6.07, 6.45) is 2.39. The summed E-state index contributed by atoms with van der Waals surface area (Å²) >= 11 is 0. The molecule has 2 rings (SSSR count). The largest absolute Gasteiger partial charge is 0.308 e. The van der Waals surface area contributed by atoms with E-state index in [4.69, 9.17) is 0 Å². The van der Waals surface area contributed by atoms with Gasteiger partial charge in [0.25, 0.3) is 0 Å². The van der Waals surface area contributed by atoms with Crippen molar-refractivity contribution in [3.63, 3.8) is 0 Å². The Bertz CT molecular complexity index is 466. The van der Waals surface area contributed by atoms with Crippen molar-refractivity contribution >= 4 is 0 Å². The number of benzene rings is 1. The molecule has 118 valence electrons. The quantitative estimate of drug-likeness (QED) is 0.899. The van der Waals surface area contributed by atoms with Crippen LogP contribution in [0.1, 0.15) is 57.2 Å². The van der Waals surface area contributed by atoms with Gasteiger partial charge in [0.1, 0.15) is 0 Å². The van der Waals surface area contributed by atoms with Crippen molar-refractivity contribution in [3.8, 4) is 0 Å². The van der Waals surface area contributed by atoms with E-state index in [2.05, 4.69) is 70.0 Å². The standard InChI is InChI=1S/C19H32N2/c1-7-19(8-2)14-21(18(5,6)13-20-19)12-17-10-15(3)9-16(4)11-17/h9-11,20H,7-8,12-14H2,1-6H3. The summed E-state index contributed by atoms with van der Waals surface area (Å²) in [7, 11) is 0. The van der Waals surface area contributed by atoms with Crippen LogP contribution in [0.2, 0.25) is 0 Å². The molecule has 0 bridgehead atoms. The van der Waals surface area contributed by atoms with Gasteiger partial charge in [-0.05, 0) is 46.1 Å². The van der Waals surface area contributed by atoms with Crippen LogP contribution in [0.5, 0.6) is 0 Å². The lowest BCUT2D eigenvalue weighted by Crippen LogP contribution is -2.67. The van der Waals surface area contributed by atoms with E-state index in [-0.39, 0.29) is 11.1 Å². The van der Waals surface area contributed by atoms with Crippen molar-refractivity contribution < 1.29 is 0 Å². The van der Waals surface area contributed by atoms with Gasteiger partial charge in [-0.1, -0.05) is 43.2 Å². The van der Waals surface area contributed by atoms with Crippen LogP contribution in [-0.4, -0.2) is 29.1 Å². The molecule has 2 heteroatoms. The van der Waals surface area contributed by atoms with Gasteiger partial charge in [0, 0.05) is 30.7 Å². The maximum atomic E-state index is 3.82. The van der Waals surface area contributed by atoms with Crippen LogP contribution in [0.3, 0.4) is 0 Å². The fourth-order valence-corrected chi connectivity index (χ4v) is 3.53. The molecule has 0 unspecified atom stereocenters. The predicted octanol–water partition coefficient (Wildman–Crippen LogP) is 4.05. The third-order valence-corrected chi connectivity index (χ3v) is 5.25. The zero-order chi connectivity index (χ0) is 15.7. The van der Waals surface area contributed by atoms with Crippen molar-refractivity contribution in [2.24, 2.45) is 0 Å². The number of nitrogens with one attached hydrogen (secondary N) is 1. The van der Waals surface area contributed by atoms with E-state index in [9.17, 15) is 0 Å². The second kappa shape index (κ2) is 6.10. The van der Waals surface area contributed by atoms with Gasteiger partial charge in [0.05, 0.1) is 0 Å². The average molecular weight is 288 g/mol. The first-order chi connectivity index (χ1) is 9.80. The fourth-order valence-electron chi connectivity index (χ4n) is 3.53. The molecule has 0 spiro atoms. The third kappa shape index (κ3) is 3.67. The maximum absolute atomic E-state index is 3.82. The summed E-state index contributed by atoms with van der Waals surface area (Å²) in [5.41, 5.74) is 4.69. The zero-order valence-electron chi connectivity index (χ0n) is 14.7. The smallest absolute Gasteiger partial charge is 0.0304 e. The van der Waals surface area contributed by atoms with Gasteiger partial charge < -0.3 is 5.32 Å². The highest BCUT2D eigenvalue weighted by Crippen LogP contribution is 2.29. The van der Waals surface area contributed by atoms with E-state index in [1.165, 1.54) is 29.5 Å². The molecular weight excluding hydrogens is 256 g/mol. The molecule has 0 saturated carbocycles. The third-order valence-electron chi connectivity index (χ3n) is 5.25. The molecule has 1 aromatic rings. The zero-order valence-corrected chi connectivity index (χ0v) is 14.7. The van der Waals surface area contributed by atoms with Crippen LogP contribution in [0.15, 0.2) is 18.2 Å². The molecule has 0 radical (unpaired) electrons. The van der Waals surface area contributed by atoms with Crippen molar-refractivity contribution in [2.45, 2.75) is 72.0 Å². The summed E-state index contributed by atoms with van der Waals surface area (Å²) in [6.45, 7) is 17.0. The Kier molecular flexibility index (Phi) is 4.79. The Morgan fingerprint density at radius 1 is 1.05 bits per heavy atom. The summed E-state index contributed by atoms with van der Waals surface area (Å²) in [6, 6.07) is 6.93. The van der Waals surface area contributed by atoms with Gasteiger partial charge in [-0.25, -0.2) is 0 Å². The molecule has 1 aliphatic heterocycles. The predicted molar refractivity (Wildman–Crippen MR) is 91.7 cm³/mol. The highest BCUT2D eigenvalue weighted by molar-refractivity contribution is 5.28. The van der Waals surface area contributed by atoms with Gasteiger partial charge in [0.2, 0.25) is 0 Å². The molecule has 0 aromatic heterocycles. The van der Waals surface area contributed by atoms with Crippen LogP contribution in [0.25, 0.3) is 0 Å². The van der Waals surface area contributed by atoms with Crippen molar-refractivity contribution in [2.75, 3.05) is 13.1 Å². The first-order valence-electron chi connectivity index (χ1n) is 8.37. The second-order valence-corrected chi connectivity index (χ2v) is 7.51. The van der Waals surface area contributed by atoms with Crippen LogP contribution < -0.4 is 5.32 Å². The Balaban J connectivity index is 2.22. The SMILES string of the molecule is CCC1(CC)CN(Cc2cc(C)cc(C)c2)C(C)(C)CN1. The Morgan fingerprint density at radius 2 is 1.62 bits per heavy atom. The molecular formula is C19H32N2. The van der Waals surface area contributed by atoms with Gasteiger partial charge in [-0.2, -0.15) is 0 Å². The molecule has 1 aliphatic rings. The normalized spacial score (nSPS) is 21.4. The molecule has 0 aliphatic carbocycles. The Labute approximate surface area is 130 Å². The van der Waals surface area contributed by atoms with Crippen LogP contribution in [0, 0.1) is 13.8 Å². The molecule has 2 nitrogen and oxygen atoms in total. The molecule has 1 heterocycles. The van der Waals surface area contributed by atoms with Gasteiger partial charge in [0.15, 0.2) is 0 Å². The minimum atomic E-state index is 0.214. The summed E-state index contributed by atoms with van der Waals surface area (Å²) in [5.74, 6) is 0. The lowest BCUT2D eigenvalue weighted by atomic mass is 9.84. The van der Waals surface area contributed by atoms with Gasteiger partial charge in [-0.15, -0.1) is 0 Å². The fraction of sp³-hybridized carbons (Fsp3) is 0.684. The number of nitrogens with zero attached hydrogens (tertiary/aromatic N) is 1.